The van der Waals surface area contributed by atoms with Crippen LogP contribution in [0, 0.1) is 0 Å². The van der Waals surface area contributed by atoms with Crippen molar-refractivity contribution in [2.75, 3.05) is 46.1 Å². The highest BCUT2D eigenvalue weighted by atomic mass is 35.5. The minimum absolute atomic E-state index is 0. The lowest BCUT2D eigenvalue weighted by molar-refractivity contribution is -0.147. The first-order chi connectivity index (χ1) is 15.8. The molecule has 2 aromatic carbocycles. The number of hydrogen-bond donors (Lipinski definition) is 1. The second-order valence-electron chi connectivity index (χ2n) is 8.52. The maximum absolute atomic E-state index is 13.0. The van der Waals surface area contributed by atoms with Gasteiger partial charge in [-0.15, -0.1) is 12.4 Å². The van der Waals surface area contributed by atoms with Gasteiger partial charge in [0.05, 0.1) is 0 Å². The number of hydrogen-bond acceptors (Lipinski definition) is 6. The lowest BCUT2D eigenvalue weighted by Gasteiger charge is -2.38. The van der Waals surface area contributed by atoms with Crippen molar-refractivity contribution >= 4 is 35.8 Å². The number of amides is 2. The summed E-state index contributed by atoms with van der Waals surface area (Å²) in [5.41, 5.74) is -0.438. The number of carbonyl (C=O) groups excluding carboxylic acids is 2. The maximum atomic E-state index is 13.0. The van der Waals surface area contributed by atoms with E-state index < -0.39 is 5.60 Å². The Hall–Kier alpha value is -2.68. The number of halogens is 2. The minimum atomic E-state index is -0.978. The van der Waals surface area contributed by atoms with Crippen LogP contribution in [0.5, 0.6) is 17.2 Å². The maximum Gasteiger partial charge on any atom is 0.266 e. The van der Waals surface area contributed by atoms with Gasteiger partial charge in [-0.05, 0) is 56.3 Å². The number of nitrogens with zero attached hydrogens (tertiary/aromatic N) is 2. The monoisotopic (exact) mass is 509 g/mol. The Morgan fingerprint density at radius 3 is 2.41 bits per heavy atom. The van der Waals surface area contributed by atoms with Crippen LogP contribution in [0.3, 0.4) is 0 Å². The number of fused-ring (bicyclic) bond motifs is 1. The Labute approximate surface area is 210 Å². The largest absolute Gasteiger partial charge is 0.478 e. The molecule has 10 heteroatoms. The van der Waals surface area contributed by atoms with Crippen LogP contribution >= 0.6 is 24.0 Å². The molecule has 0 aliphatic carbocycles. The van der Waals surface area contributed by atoms with Gasteiger partial charge in [0.25, 0.3) is 11.8 Å². The molecule has 4 rings (SSSR count). The lowest BCUT2D eigenvalue weighted by Crippen LogP contribution is -2.56. The van der Waals surface area contributed by atoms with Gasteiger partial charge in [0.15, 0.2) is 17.1 Å². The van der Waals surface area contributed by atoms with Gasteiger partial charge in [-0.3, -0.25) is 14.5 Å². The molecule has 184 valence electrons. The van der Waals surface area contributed by atoms with E-state index in [2.05, 4.69) is 10.2 Å². The van der Waals surface area contributed by atoms with Crippen LogP contribution in [0.1, 0.15) is 24.2 Å². The van der Waals surface area contributed by atoms with Crippen LogP contribution in [-0.4, -0.2) is 73.3 Å². The number of benzene rings is 2. The summed E-state index contributed by atoms with van der Waals surface area (Å²) < 4.78 is 16.5. The van der Waals surface area contributed by atoms with Crippen molar-refractivity contribution in [1.29, 1.82) is 0 Å². The molecule has 2 heterocycles. The minimum Gasteiger partial charge on any atom is -0.478 e. The number of nitrogens with one attached hydrogen (secondary N) is 1. The topological polar surface area (TPSA) is 80.3 Å². The zero-order valence-corrected chi connectivity index (χ0v) is 20.8. The fourth-order valence-corrected chi connectivity index (χ4v) is 3.99. The molecule has 0 atom stereocenters. The van der Waals surface area contributed by atoms with Gasteiger partial charge in [0, 0.05) is 49.9 Å². The number of ether oxygens (including phenoxy) is 3. The fraction of sp³-hybridized carbons (Fsp3) is 0.417. The predicted octanol–water partition coefficient (Wildman–Crippen LogP) is 3.22. The molecule has 2 aromatic rings. The molecule has 1 fully saturated rings. The molecule has 2 aliphatic rings. The van der Waals surface area contributed by atoms with Gasteiger partial charge in [-0.1, -0.05) is 11.6 Å². The molecule has 2 aliphatic heterocycles. The molecular weight excluding hydrogens is 481 g/mol. The van der Waals surface area contributed by atoms with Crippen molar-refractivity contribution in [3.05, 3.63) is 53.1 Å². The molecular formula is C24H29Cl2N3O5. The SMILES string of the molecule is CC(C)(Oc1ccc(Cl)cc1)C(=O)N1CCN(CCNC(=O)c2ccc3c(c2)OCO3)CC1.Cl. The number of carbonyl (C=O) groups is 2. The van der Waals surface area contributed by atoms with E-state index in [0.717, 1.165) is 13.1 Å². The molecule has 2 amide bonds. The third-order valence-electron chi connectivity index (χ3n) is 5.71. The van der Waals surface area contributed by atoms with Gasteiger partial charge in [0.2, 0.25) is 6.79 Å². The van der Waals surface area contributed by atoms with E-state index in [1.807, 2.05) is 4.90 Å². The van der Waals surface area contributed by atoms with E-state index >= 15 is 0 Å². The van der Waals surface area contributed by atoms with Crippen molar-refractivity contribution < 1.29 is 23.8 Å². The summed E-state index contributed by atoms with van der Waals surface area (Å²) >= 11 is 5.92. The highest BCUT2D eigenvalue weighted by Crippen LogP contribution is 2.32. The smallest absolute Gasteiger partial charge is 0.266 e. The van der Waals surface area contributed by atoms with E-state index in [9.17, 15) is 9.59 Å². The van der Waals surface area contributed by atoms with Gasteiger partial charge >= 0.3 is 0 Å². The van der Waals surface area contributed by atoms with Crippen molar-refractivity contribution in [1.82, 2.24) is 15.1 Å². The molecule has 0 spiro atoms. The van der Waals surface area contributed by atoms with E-state index in [1.54, 1.807) is 56.3 Å². The number of piperazine rings is 1. The second-order valence-corrected chi connectivity index (χ2v) is 8.96. The molecule has 1 N–H and O–H groups in total. The van der Waals surface area contributed by atoms with Crippen molar-refractivity contribution in [2.45, 2.75) is 19.4 Å². The normalized spacial score (nSPS) is 15.4. The first-order valence-corrected chi connectivity index (χ1v) is 11.3. The van der Waals surface area contributed by atoms with Crippen LogP contribution in [0.25, 0.3) is 0 Å². The Morgan fingerprint density at radius 1 is 1.03 bits per heavy atom. The quantitative estimate of drug-likeness (QED) is 0.617. The summed E-state index contributed by atoms with van der Waals surface area (Å²) in [6.45, 7) is 7.68. The standard InChI is InChI=1S/C24H28ClN3O5.ClH/c1-24(2,33-19-6-4-18(25)5-7-19)23(30)28-13-11-27(12-14-28)10-9-26-22(29)17-3-8-20-21(15-17)32-16-31-20;/h3-8,15H,9-14,16H2,1-2H3,(H,26,29);1H. The van der Waals surface area contributed by atoms with Crippen LogP contribution in [-0.2, 0) is 4.79 Å². The highest BCUT2D eigenvalue weighted by molar-refractivity contribution is 6.30. The van der Waals surface area contributed by atoms with Gasteiger partial charge in [0.1, 0.15) is 5.75 Å². The molecule has 0 aromatic heterocycles. The van der Waals surface area contributed by atoms with Crippen LogP contribution in [0.15, 0.2) is 42.5 Å². The first kappa shape index (κ1) is 25.9. The average molecular weight is 510 g/mol. The predicted molar refractivity (Wildman–Crippen MR) is 131 cm³/mol. The fourth-order valence-electron chi connectivity index (χ4n) is 3.86. The third-order valence-corrected chi connectivity index (χ3v) is 5.96. The third kappa shape index (κ3) is 6.25. The Kier molecular flexibility index (Phi) is 8.52. The van der Waals surface area contributed by atoms with Crippen LogP contribution < -0.4 is 19.5 Å². The molecule has 8 nitrogen and oxygen atoms in total. The van der Waals surface area contributed by atoms with Gasteiger partial charge in [-0.2, -0.15) is 0 Å². The summed E-state index contributed by atoms with van der Waals surface area (Å²) in [6, 6.07) is 12.1. The summed E-state index contributed by atoms with van der Waals surface area (Å²) in [4.78, 5) is 29.5. The molecule has 1 saturated heterocycles. The van der Waals surface area contributed by atoms with Crippen LogP contribution in [0.4, 0.5) is 0 Å². The van der Waals surface area contributed by atoms with E-state index in [4.69, 9.17) is 25.8 Å². The summed E-state index contributed by atoms with van der Waals surface area (Å²) in [7, 11) is 0. The molecule has 0 radical (unpaired) electrons. The molecule has 0 bridgehead atoms. The van der Waals surface area contributed by atoms with Gasteiger partial charge in [-0.25, -0.2) is 0 Å². The zero-order chi connectivity index (χ0) is 23.4. The van der Waals surface area contributed by atoms with E-state index in [-0.39, 0.29) is 31.0 Å². The summed E-state index contributed by atoms with van der Waals surface area (Å²) in [6.07, 6.45) is 0. The molecule has 0 saturated carbocycles. The molecule has 34 heavy (non-hydrogen) atoms. The zero-order valence-electron chi connectivity index (χ0n) is 19.2. The second kappa shape index (κ2) is 11.2. The Morgan fingerprint density at radius 2 is 1.71 bits per heavy atom. The number of rotatable bonds is 7. The Balaban J connectivity index is 0.00000324. The lowest BCUT2D eigenvalue weighted by atomic mass is 10.1. The summed E-state index contributed by atoms with van der Waals surface area (Å²) in [5.74, 6) is 1.65. The van der Waals surface area contributed by atoms with Crippen molar-refractivity contribution in [2.24, 2.45) is 0 Å². The van der Waals surface area contributed by atoms with Crippen molar-refractivity contribution in [3.8, 4) is 17.2 Å². The molecule has 0 unspecified atom stereocenters. The van der Waals surface area contributed by atoms with Crippen LogP contribution in [0.2, 0.25) is 5.02 Å². The van der Waals surface area contributed by atoms with Gasteiger partial charge < -0.3 is 24.4 Å². The first-order valence-electron chi connectivity index (χ1n) is 11.0. The summed E-state index contributed by atoms with van der Waals surface area (Å²) in [5, 5.41) is 3.56. The van der Waals surface area contributed by atoms with E-state index in [1.165, 1.54) is 0 Å². The van der Waals surface area contributed by atoms with Crippen molar-refractivity contribution in [3.63, 3.8) is 0 Å². The van der Waals surface area contributed by atoms with E-state index in [0.29, 0.717) is 54.0 Å². The Bertz CT molecular complexity index is 1010. The highest BCUT2D eigenvalue weighted by Gasteiger charge is 2.35. The average Bonchev–Trinajstić information content (AvgIpc) is 3.28.